The van der Waals surface area contributed by atoms with Gasteiger partial charge in [0.15, 0.2) is 11.6 Å². The maximum absolute atomic E-state index is 13.6. The molecule has 0 bridgehead atoms. The summed E-state index contributed by atoms with van der Waals surface area (Å²) < 4.78 is 63.7. The predicted octanol–water partition coefficient (Wildman–Crippen LogP) is 3.11. The summed E-state index contributed by atoms with van der Waals surface area (Å²) in [7, 11) is 0. The monoisotopic (exact) mass is 519 g/mol. The molecule has 0 saturated heterocycles. The molecule has 0 unspecified atom stereocenters. The van der Waals surface area contributed by atoms with Gasteiger partial charge in [-0.25, -0.2) is 8.78 Å². The van der Waals surface area contributed by atoms with Gasteiger partial charge in [0.2, 0.25) is 23.3 Å². The van der Waals surface area contributed by atoms with Gasteiger partial charge in [-0.1, -0.05) is 22.6 Å². The lowest BCUT2D eigenvalue weighted by molar-refractivity contribution is -0.144. The molecule has 156 valence electrons. The highest BCUT2D eigenvalue weighted by atomic mass is 127. The molecule has 11 heteroatoms. The summed E-state index contributed by atoms with van der Waals surface area (Å²) >= 11 is 1.91. The van der Waals surface area contributed by atoms with Crippen molar-refractivity contribution in [1.29, 1.82) is 0 Å². The van der Waals surface area contributed by atoms with E-state index in [-0.39, 0.29) is 25.4 Å². The van der Waals surface area contributed by atoms with Crippen LogP contribution >= 0.6 is 22.6 Å². The molecule has 1 aromatic carbocycles. The number of benzene rings is 1. The molecule has 0 atom stereocenters. The van der Waals surface area contributed by atoms with Crippen LogP contribution in [-0.4, -0.2) is 35.4 Å². The summed E-state index contributed by atoms with van der Waals surface area (Å²) in [5.74, 6) is -10.3. The molecule has 0 saturated carbocycles. The number of alkyl halides is 1. The van der Waals surface area contributed by atoms with Gasteiger partial charge in [0, 0.05) is 24.9 Å². The fraction of sp³-hybridized carbons (Fsp3) is 0.471. The fourth-order valence-corrected chi connectivity index (χ4v) is 2.23. The van der Waals surface area contributed by atoms with Gasteiger partial charge in [0.1, 0.15) is 0 Å². The van der Waals surface area contributed by atoms with Gasteiger partial charge in [-0.15, -0.1) is 0 Å². The highest BCUT2D eigenvalue weighted by Gasteiger charge is 2.26. The molecule has 1 aromatic rings. The molecule has 1 N–H and O–H groups in total. The van der Waals surface area contributed by atoms with E-state index in [9.17, 15) is 31.9 Å². The van der Waals surface area contributed by atoms with Crippen LogP contribution in [0.5, 0.6) is 5.75 Å². The van der Waals surface area contributed by atoms with E-state index in [4.69, 9.17) is 4.74 Å². The first-order valence-corrected chi connectivity index (χ1v) is 9.73. The first-order chi connectivity index (χ1) is 13.2. The average Bonchev–Trinajstić information content (AvgIpc) is 2.67. The number of hydrogen-bond acceptors (Lipinski definition) is 5. The first-order valence-electron chi connectivity index (χ1n) is 8.20. The summed E-state index contributed by atoms with van der Waals surface area (Å²) in [6.45, 7) is 1.26. The number of nitrogens with one attached hydrogen (secondary N) is 1. The van der Waals surface area contributed by atoms with Gasteiger partial charge < -0.3 is 14.8 Å². The van der Waals surface area contributed by atoms with Crippen LogP contribution in [0.2, 0.25) is 0 Å². The Balaban J connectivity index is 2.36. The molecular weight excluding hydrogens is 501 g/mol. The third kappa shape index (κ3) is 7.24. The molecule has 0 aliphatic rings. The Morgan fingerprint density at radius 1 is 0.929 bits per heavy atom. The largest absolute Gasteiger partial charge is 0.466 e. The fourth-order valence-electron chi connectivity index (χ4n) is 1.96. The maximum Gasteiger partial charge on any atom is 0.311 e. The topological polar surface area (TPSA) is 81.7 Å². The molecule has 0 aliphatic carbocycles. The van der Waals surface area contributed by atoms with E-state index in [1.165, 1.54) is 0 Å². The van der Waals surface area contributed by atoms with Crippen molar-refractivity contribution < 1.29 is 41.4 Å². The second-order valence-corrected chi connectivity index (χ2v) is 6.36. The van der Waals surface area contributed by atoms with Crippen molar-refractivity contribution >= 4 is 40.4 Å². The van der Waals surface area contributed by atoms with Crippen LogP contribution in [0.3, 0.4) is 0 Å². The molecule has 0 aliphatic heterocycles. The number of halogens is 5. The Hall–Kier alpha value is -1.92. The minimum absolute atomic E-state index is 0.0523. The molecule has 6 nitrogen and oxygen atoms in total. The highest BCUT2D eigenvalue weighted by molar-refractivity contribution is 14.1. The summed E-state index contributed by atoms with van der Waals surface area (Å²) in [5, 5.41) is 2.59. The summed E-state index contributed by atoms with van der Waals surface area (Å²) in [6, 6.07) is 0. The Kier molecular flexibility index (Phi) is 10.2. The first kappa shape index (κ1) is 24.1. The van der Waals surface area contributed by atoms with E-state index in [1.54, 1.807) is 0 Å². The van der Waals surface area contributed by atoms with Crippen molar-refractivity contribution in [3.63, 3.8) is 0 Å². The molecule has 1 amide bonds. The second kappa shape index (κ2) is 11.8. The van der Waals surface area contributed by atoms with E-state index in [0.29, 0.717) is 17.4 Å². The summed E-state index contributed by atoms with van der Waals surface area (Å²) in [5.41, 5.74) is -0.869. The Morgan fingerprint density at radius 3 is 2.07 bits per heavy atom. The van der Waals surface area contributed by atoms with Crippen LogP contribution in [0.4, 0.5) is 17.6 Å². The highest BCUT2D eigenvalue weighted by Crippen LogP contribution is 2.29. The molecule has 0 aromatic heterocycles. The molecule has 1 rings (SSSR count). The lowest BCUT2D eigenvalue weighted by atomic mass is 10.2. The standard InChI is InChI=1S/C17H18F4INO5/c1-9-13(18)15(20)17(16(21)14(9)19)28-12(26)5-2-4-11(25)27-7-3-6-23-10(24)8-22/h2-8H2,1H3,(H,23,24). The second-order valence-electron chi connectivity index (χ2n) is 5.60. The van der Waals surface area contributed by atoms with E-state index < -0.39 is 52.9 Å². The van der Waals surface area contributed by atoms with E-state index in [2.05, 4.69) is 10.1 Å². The molecular formula is C17H18F4INO5. The van der Waals surface area contributed by atoms with Crippen molar-refractivity contribution in [2.75, 3.05) is 17.6 Å². The smallest absolute Gasteiger partial charge is 0.311 e. The molecule has 0 radical (unpaired) electrons. The predicted molar refractivity (Wildman–Crippen MR) is 98.0 cm³/mol. The minimum Gasteiger partial charge on any atom is -0.466 e. The van der Waals surface area contributed by atoms with Gasteiger partial charge in [0.25, 0.3) is 0 Å². The summed E-state index contributed by atoms with van der Waals surface area (Å²) in [6.07, 6.45) is -0.226. The molecule has 28 heavy (non-hydrogen) atoms. The lowest BCUT2D eigenvalue weighted by Gasteiger charge is -2.10. The van der Waals surface area contributed by atoms with Crippen molar-refractivity contribution in [1.82, 2.24) is 5.32 Å². The van der Waals surface area contributed by atoms with Crippen molar-refractivity contribution in [3.8, 4) is 5.75 Å². The van der Waals surface area contributed by atoms with Gasteiger partial charge >= 0.3 is 11.9 Å². The van der Waals surface area contributed by atoms with Crippen molar-refractivity contribution in [2.45, 2.75) is 32.6 Å². The Bertz CT molecular complexity index is 716. The van der Waals surface area contributed by atoms with Crippen LogP contribution in [-0.2, 0) is 19.1 Å². The number of ether oxygens (including phenoxy) is 2. The third-order valence-electron chi connectivity index (χ3n) is 3.45. The normalized spacial score (nSPS) is 10.5. The van der Waals surface area contributed by atoms with Gasteiger partial charge in [0.05, 0.1) is 11.0 Å². The maximum atomic E-state index is 13.6. The zero-order valence-electron chi connectivity index (χ0n) is 14.9. The van der Waals surface area contributed by atoms with E-state index >= 15 is 0 Å². The van der Waals surface area contributed by atoms with E-state index in [1.807, 2.05) is 22.6 Å². The van der Waals surface area contributed by atoms with Crippen LogP contribution in [0, 0.1) is 30.2 Å². The third-order valence-corrected chi connectivity index (χ3v) is 4.14. The van der Waals surface area contributed by atoms with Crippen molar-refractivity contribution in [2.24, 2.45) is 0 Å². The molecule has 0 heterocycles. The average molecular weight is 519 g/mol. The SMILES string of the molecule is Cc1c(F)c(F)c(OC(=O)CCCC(=O)OCCCNC(=O)CI)c(F)c1F. The number of carbonyl (C=O) groups is 3. The van der Waals surface area contributed by atoms with Gasteiger partial charge in [-0.2, -0.15) is 8.78 Å². The van der Waals surface area contributed by atoms with Crippen LogP contribution in [0.1, 0.15) is 31.2 Å². The molecule has 0 fully saturated rings. The quantitative estimate of drug-likeness (QED) is 0.0978. The van der Waals surface area contributed by atoms with Crippen LogP contribution in [0.25, 0.3) is 0 Å². The minimum atomic E-state index is -1.81. The number of rotatable bonds is 10. The van der Waals surface area contributed by atoms with E-state index in [0.717, 1.165) is 6.92 Å². The molecule has 0 spiro atoms. The number of carbonyl (C=O) groups excluding carboxylic acids is 3. The zero-order valence-corrected chi connectivity index (χ0v) is 17.0. The number of amides is 1. The van der Waals surface area contributed by atoms with Crippen LogP contribution < -0.4 is 10.1 Å². The Labute approximate surface area is 172 Å². The summed E-state index contributed by atoms with van der Waals surface area (Å²) in [4.78, 5) is 34.1. The van der Waals surface area contributed by atoms with Crippen molar-refractivity contribution in [3.05, 3.63) is 28.8 Å². The van der Waals surface area contributed by atoms with Crippen LogP contribution in [0.15, 0.2) is 0 Å². The van der Waals surface area contributed by atoms with Gasteiger partial charge in [-0.05, 0) is 19.8 Å². The number of esters is 2. The van der Waals surface area contributed by atoms with Gasteiger partial charge in [-0.3, -0.25) is 14.4 Å². The Morgan fingerprint density at radius 2 is 1.50 bits per heavy atom. The lowest BCUT2D eigenvalue weighted by Crippen LogP contribution is -2.26. The zero-order chi connectivity index (χ0) is 21.3. The number of hydrogen-bond donors (Lipinski definition) is 1.